The molecule has 0 aliphatic carbocycles. The molecule has 1 atom stereocenters. The van der Waals surface area contributed by atoms with E-state index in [9.17, 15) is 4.39 Å². The van der Waals surface area contributed by atoms with Gasteiger partial charge in [0, 0.05) is 4.47 Å². The summed E-state index contributed by atoms with van der Waals surface area (Å²) in [5.74, 6) is -0.292. The highest BCUT2D eigenvalue weighted by Gasteiger charge is 2.17. The maximum Gasteiger partial charge on any atom is 0.124 e. The molecule has 0 fully saturated rings. The van der Waals surface area contributed by atoms with Gasteiger partial charge in [-0.25, -0.2) is 4.39 Å². The second-order valence-corrected chi connectivity index (χ2v) is 5.94. The van der Waals surface area contributed by atoms with Gasteiger partial charge in [0.05, 0.1) is 18.6 Å². The molecule has 1 aliphatic rings. The third-order valence-electron chi connectivity index (χ3n) is 3.22. The molecule has 0 amide bonds. The molecule has 0 aromatic heterocycles. The first-order valence-electron chi connectivity index (χ1n) is 5.93. The fourth-order valence-corrected chi connectivity index (χ4v) is 3.01. The highest BCUT2D eigenvalue weighted by Crippen LogP contribution is 2.33. The SMILES string of the molecule is Fc1cc(Br)cc(C(Cl)c2ccc3c(c2)COC3)c1. The molecule has 0 saturated carbocycles. The Kier molecular flexibility index (Phi) is 3.61. The summed E-state index contributed by atoms with van der Waals surface area (Å²) in [5.41, 5.74) is 4.07. The summed E-state index contributed by atoms with van der Waals surface area (Å²) in [6, 6.07) is 10.8. The summed E-state index contributed by atoms with van der Waals surface area (Å²) < 4.78 is 19.5. The van der Waals surface area contributed by atoms with E-state index in [1.807, 2.05) is 24.3 Å². The van der Waals surface area contributed by atoms with Gasteiger partial charge in [0.1, 0.15) is 5.82 Å². The lowest BCUT2D eigenvalue weighted by molar-refractivity contribution is 0.134. The zero-order valence-corrected chi connectivity index (χ0v) is 12.3. The maximum atomic E-state index is 13.4. The summed E-state index contributed by atoms with van der Waals surface area (Å²) >= 11 is 9.73. The number of fused-ring (bicyclic) bond motifs is 1. The first-order chi connectivity index (χ1) is 9.13. The topological polar surface area (TPSA) is 9.23 Å². The second-order valence-electron chi connectivity index (χ2n) is 4.59. The van der Waals surface area contributed by atoms with Crippen molar-refractivity contribution in [3.63, 3.8) is 0 Å². The van der Waals surface area contributed by atoms with Gasteiger partial charge in [0.2, 0.25) is 0 Å². The van der Waals surface area contributed by atoms with E-state index in [4.69, 9.17) is 16.3 Å². The summed E-state index contributed by atoms with van der Waals surface area (Å²) in [4.78, 5) is 0. The zero-order chi connectivity index (χ0) is 13.4. The van der Waals surface area contributed by atoms with Crippen molar-refractivity contribution in [3.05, 3.63) is 68.9 Å². The molecular weight excluding hydrogens is 331 g/mol. The molecule has 3 rings (SSSR count). The van der Waals surface area contributed by atoms with Crippen molar-refractivity contribution >= 4 is 27.5 Å². The van der Waals surface area contributed by atoms with Crippen LogP contribution in [-0.2, 0) is 18.0 Å². The summed E-state index contributed by atoms with van der Waals surface area (Å²) in [6.45, 7) is 1.29. The molecule has 1 unspecified atom stereocenters. The fourth-order valence-electron chi connectivity index (χ4n) is 2.26. The molecule has 0 spiro atoms. The average molecular weight is 342 g/mol. The number of halogens is 3. The molecule has 2 aromatic rings. The molecule has 2 aromatic carbocycles. The Morgan fingerprint density at radius 1 is 1.05 bits per heavy atom. The Bertz CT molecular complexity index is 609. The number of rotatable bonds is 2. The summed E-state index contributed by atoms with van der Waals surface area (Å²) in [5, 5.41) is -0.363. The molecular formula is C15H11BrClFO. The lowest BCUT2D eigenvalue weighted by atomic mass is 10.00. The Morgan fingerprint density at radius 2 is 1.84 bits per heavy atom. The Hall–Kier alpha value is -0.900. The quantitative estimate of drug-likeness (QED) is 0.703. The molecule has 1 nitrogen and oxygen atoms in total. The van der Waals surface area contributed by atoms with Crippen LogP contribution in [0.1, 0.15) is 27.6 Å². The number of ether oxygens (including phenoxy) is 1. The van der Waals surface area contributed by atoms with Crippen molar-refractivity contribution in [3.8, 4) is 0 Å². The molecule has 0 radical (unpaired) electrons. The minimum Gasteiger partial charge on any atom is -0.372 e. The zero-order valence-electron chi connectivity index (χ0n) is 10.00. The van der Waals surface area contributed by atoms with Crippen LogP contribution in [0, 0.1) is 5.82 Å². The van der Waals surface area contributed by atoms with Gasteiger partial charge in [-0.2, -0.15) is 0 Å². The Balaban J connectivity index is 1.97. The highest BCUT2D eigenvalue weighted by atomic mass is 79.9. The minimum atomic E-state index is -0.363. The van der Waals surface area contributed by atoms with Crippen molar-refractivity contribution in [2.75, 3.05) is 0 Å². The second kappa shape index (κ2) is 5.23. The average Bonchev–Trinajstić information content (AvgIpc) is 2.83. The van der Waals surface area contributed by atoms with Gasteiger partial charge in [-0.15, -0.1) is 11.6 Å². The Labute approximate surface area is 124 Å². The van der Waals surface area contributed by atoms with E-state index in [0.29, 0.717) is 17.7 Å². The van der Waals surface area contributed by atoms with Crippen molar-refractivity contribution in [1.29, 1.82) is 0 Å². The lowest BCUT2D eigenvalue weighted by Gasteiger charge is -2.12. The van der Waals surface area contributed by atoms with Crippen LogP contribution in [-0.4, -0.2) is 0 Å². The van der Waals surface area contributed by atoms with Crippen LogP contribution in [0.25, 0.3) is 0 Å². The van der Waals surface area contributed by atoms with E-state index in [0.717, 1.165) is 11.1 Å². The highest BCUT2D eigenvalue weighted by molar-refractivity contribution is 9.10. The van der Waals surface area contributed by atoms with E-state index in [1.165, 1.54) is 23.3 Å². The first-order valence-corrected chi connectivity index (χ1v) is 7.16. The standard InChI is InChI=1S/C15H11BrClFO/c16-13-4-11(5-14(18)6-13)15(17)9-1-2-10-7-19-8-12(10)3-9/h1-6,15H,7-8H2. The molecule has 4 heteroatoms. The van der Waals surface area contributed by atoms with Crippen LogP contribution in [0.15, 0.2) is 40.9 Å². The fraction of sp³-hybridized carbons (Fsp3) is 0.200. The van der Waals surface area contributed by atoms with E-state index < -0.39 is 0 Å². The molecule has 0 bridgehead atoms. The van der Waals surface area contributed by atoms with Gasteiger partial charge in [-0.05, 0) is 40.5 Å². The van der Waals surface area contributed by atoms with E-state index in [-0.39, 0.29) is 11.2 Å². The largest absolute Gasteiger partial charge is 0.372 e. The number of alkyl halides is 1. The molecule has 0 N–H and O–H groups in total. The molecule has 1 aliphatic heterocycles. The van der Waals surface area contributed by atoms with Crippen molar-refractivity contribution in [2.24, 2.45) is 0 Å². The molecule has 1 heterocycles. The van der Waals surface area contributed by atoms with Crippen LogP contribution < -0.4 is 0 Å². The maximum absolute atomic E-state index is 13.4. The smallest absolute Gasteiger partial charge is 0.124 e. The van der Waals surface area contributed by atoms with Gasteiger partial charge in [-0.1, -0.05) is 34.1 Å². The molecule has 0 saturated heterocycles. The predicted octanol–water partition coefficient (Wildman–Crippen LogP) is 4.95. The lowest BCUT2D eigenvalue weighted by Crippen LogP contribution is -1.96. The number of hydrogen-bond donors (Lipinski definition) is 0. The van der Waals surface area contributed by atoms with E-state index >= 15 is 0 Å². The van der Waals surface area contributed by atoms with Crippen molar-refractivity contribution in [2.45, 2.75) is 18.6 Å². The van der Waals surface area contributed by atoms with Crippen LogP contribution in [0.5, 0.6) is 0 Å². The van der Waals surface area contributed by atoms with Gasteiger partial charge < -0.3 is 4.74 Å². The van der Waals surface area contributed by atoms with Crippen molar-refractivity contribution in [1.82, 2.24) is 0 Å². The third-order valence-corrected chi connectivity index (χ3v) is 4.18. The normalized spacial score (nSPS) is 15.3. The van der Waals surface area contributed by atoms with Gasteiger partial charge in [0.15, 0.2) is 0 Å². The van der Waals surface area contributed by atoms with Crippen LogP contribution in [0.3, 0.4) is 0 Å². The van der Waals surface area contributed by atoms with Gasteiger partial charge in [-0.3, -0.25) is 0 Å². The van der Waals surface area contributed by atoms with Crippen LogP contribution in [0.2, 0.25) is 0 Å². The predicted molar refractivity (Wildman–Crippen MR) is 76.7 cm³/mol. The van der Waals surface area contributed by atoms with E-state index in [1.54, 1.807) is 0 Å². The first kappa shape index (κ1) is 13.1. The Morgan fingerprint density at radius 3 is 2.63 bits per heavy atom. The van der Waals surface area contributed by atoms with Gasteiger partial charge >= 0.3 is 0 Å². The number of hydrogen-bond acceptors (Lipinski definition) is 1. The number of benzene rings is 2. The monoisotopic (exact) mass is 340 g/mol. The molecule has 98 valence electrons. The van der Waals surface area contributed by atoms with Crippen LogP contribution in [0.4, 0.5) is 4.39 Å². The van der Waals surface area contributed by atoms with E-state index in [2.05, 4.69) is 15.9 Å². The summed E-state index contributed by atoms with van der Waals surface area (Å²) in [6.07, 6.45) is 0. The van der Waals surface area contributed by atoms with Crippen LogP contribution >= 0.6 is 27.5 Å². The third kappa shape index (κ3) is 2.69. The molecule has 19 heavy (non-hydrogen) atoms. The summed E-state index contributed by atoms with van der Waals surface area (Å²) in [7, 11) is 0. The van der Waals surface area contributed by atoms with Gasteiger partial charge in [0.25, 0.3) is 0 Å². The minimum absolute atomic E-state index is 0.292. The van der Waals surface area contributed by atoms with Crippen molar-refractivity contribution < 1.29 is 9.13 Å².